The highest BCUT2D eigenvalue weighted by Gasteiger charge is 2.08. The van der Waals surface area contributed by atoms with Crippen LogP contribution >= 0.6 is 38.9 Å². The molecule has 2 nitrogen and oxygen atoms in total. The molecule has 0 aliphatic heterocycles. The van der Waals surface area contributed by atoms with Crippen molar-refractivity contribution in [2.45, 2.75) is 6.54 Å². The van der Waals surface area contributed by atoms with Crippen LogP contribution < -0.4 is 10.6 Å². The van der Waals surface area contributed by atoms with Gasteiger partial charge in [-0.15, -0.1) is 11.3 Å². The molecule has 5 heteroatoms. The molecule has 0 fully saturated rings. The van der Waals surface area contributed by atoms with Gasteiger partial charge >= 0.3 is 0 Å². The zero-order chi connectivity index (χ0) is 12.4. The lowest BCUT2D eigenvalue weighted by molar-refractivity contribution is 0.928. The van der Waals surface area contributed by atoms with E-state index in [1.165, 1.54) is 5.56 Å². The van der Waals surface area contributed by atoms with Crippen molar-refractivity contribution < 1.29 is 0 Å². The molecule has 0 spiro atoms. The number of anilines is 2. The number of nitrogens with zero attached hydrogens (tertiary/aromatic N) is 1. The first-order valence-corrected chi connectivity index (χ1v) is 7.10. The number of nitrogens with two attached hydrogens (primary N) is 1. The molecule has 0 radical (unpaired) electrons. The zero-order valence-electron chi connectivity index (χ0n) is 9.28. The van der Waals surface area contributed by atoms with Crippen LogP contribution in [0.3, 0.4) is 0 Å². The second kappa shape index (κ2) is 5.29. The van der Waals surface area contributed by atoms with E-state index >= 15 is 0 Å². The lowest BCUT2D eigenvalue weighted by Gasteiger charge is -2.20. The topological polar surface area (TPSA) is 29.3 Å². The number of rotatable bonds is 3. The largest absolute Gasteiger partial charge is 0.399 e. The highest BCUT2D eigenvalue weighted by atomic mass is 79.9. The van der Waals surface area contributed by atoms with Crippen LogP contribution in [-0.4, -0.2) is 7.05 Å². The summed E-state index contributed by atoms with van der Waals surface area (Å²) in [4.78, 5) is 2.11. The first-order valence-electron chi connectivity index (χ1n) is 5.05. The van der Waals surface area contributed by atoms with E-state index in [-0.39, 0.29) is 0 Å². The molecule has 1 aromatic heterocycles. The molecule has 0 aliphatic carbocycles. The summed E-state index contributed by atoms with van der Waals surface area (Å²) in [6, 6.07) is 7.70. The predicted molar refractivity (Wildman–Crippen MR) is 80.0 cm³/mol. The number of halogens is 2. The SMILES string of the molecule is CN(Cc1csc(Br)c1)c1ccc(N)cc1Cl. The minimum atomic E-state index is 0.682. The van der Waals surface area contributed by atoms with E-state index in [1.54, 1.807) is 17.4 Å². The molecule has 0 amide bonds. The van der Waals surface area contributed by atoms with Crippen LogP contribution in [0.4, 0.5) is 11.4 Å². The summed E-state index contributed by atoms with van der Waals surface area (Å²) in [5, 5.41) is 2.81. The summed E-state index contributed by atoms with van der Waals surface area (Å²) in [5.74, 6) is 0. The minimum Gasteiger partial charge on any atom is -0.399 e. The molecule has 2 rings (SSSR count). The molecule has 2 aromatic rings. The third-order valence-corrected chi connectivity index (χ3v) is 4.28. The Morgan fingerprint density at radius 2 is 2.18 bits per heavy atom. The molecule has 1 aromatic carbocycles. The van der Waals surface area contributed by atoms with Gasteiger partial charge in [-0.05, 0) is 51.1 Å². The second-order valence-corrected chi connectivity index (χ2v) is 6.52. The van der Waals surface area contributed by atoms with Gasteiger partial charge in [0.2, 0.25) is 0 Å². The Morgan fingerprint density at radius 1 is 1.41 bits per heavy atom. The fourth-order valence-corrected chi connectivity index (χ4v) is 3.15. The summed E-state index contributed by atoms with van der Waals surface area (Å²) in [7, 11) is 2.02. The molecule has 2 N–H and O–H groups in total. The molecule has 0 unspecified atom stereocenters. The summed E-state index contributed by atoms with van der Waals surface area (Å²) in [6.07, 6.45) is 0. The van der Waals surface area contributed by atoms with E-state index in [0.29, 0.717) is 10.7 Å². The van der Waals surface area contributed by atoms with Crippen LogP contribution in [0.2, 0.25) is 5.02 Å². The predicted octanol–water partition coefficient (Wildman–Crippen LogP) is 4.38. The van der Waals surface area contributed by atoms with Gasteiger partial charge < -0.3 is 10.6 Å². The summed E-state index contributed by atoms with van der Waals surface area (Å²) >= 11 is 11.3. The standard InChI is InChI=1S/C12H12BrClN2S/c1-16(6-8-4-12(13)17-7-8)11-3-2-9(15)5-10(11)14/h2-5,7H,6,15H2,1H3. The summed E-state index contributed by atoms with van der Waals surface area (Å²) in [5.41, 5.74) is 8.61. The maximum Gasteiger partial charge on any atom is 0.0701 e. The van der Waals surface area contributed by atoms with Gasteiger partial charge in [-0.3, -0.25) is 0 Å². The number of benzene rings is 1. The monoisotopic (exact) mass is 330 g/mol. The van der Waals surface area contributed by atoms with Gasteiger partial charge in [0.05, 0.1) is 14.5 Å². The van der Waals surface area contributed by atoms with Gasteiger partial charge in [-0.25, -0.2) is 0 Å². The van der Waals surface area contributed by atoms with Gasteiger partial charge in [0.1, 0.15) is 0 Å². The van der Waals surface area contributed by atoms with E-state index in [0.717, 1.165) is 16.0 Å². The smallest absolute Gasteiger partial charge is 0.0701 e. The van der Waals surface area contributed by atoms with E-state index < -0.39 is 0 Å². The number of hydrogen-bond acceptors (Lipinski definition) is 3. The van der Waals surface area contributed by atoms with Crippen LogP contribution in [0.5, 0.6) is 0 Å². The van der Waals surface area contributed by atoms with Crippen LogP contribution in [0.1, 0.15) is 5.56 Å². The van der Waals surface area contributed by atoms with Crippen molar-refractivity contribution >= 4 is 50.2 Å². The van der Waals surface area contributed by atoms with E-state index in [4.69, 9.17) is 17.3 Å². The van der Waals surface area contributed by atoms with Crippen LogP contribution in [0.25, 0.3) is 0 Å². The molecule has 0 bridgehead atoms. The van der Waals surface area contributed by atoms with Gasteiger partial charge in [0, 0.05) is 19.3 Å². The summed E-state index contributed by atoms with van der Waals surface area (Å²) in [6.45, 7) is 0.825. The second-order valence-electron chi connectivity index (χ2n) is 3.83. The molecule has 17 heavy (non-hydrogen) atoms. The molecular weight excluding hydrogens is 320 g/mol. The Bertz CT molecular complexity index is 527. The molecule has 1 heterocycles. The molecule has 0 atom stereocenters. The molecule has 0 aliphatic rings. The van der Waals surface area contributed by atoms with E-state index in [1.807, 2.05) is 19.2 Å². The van der Waals surface area contributed by atoms with Crippen molar-refractivity contribution in [2.24, 2.45) is 0 Å². The van der Waals surface area contributed by atoms with Gasteiger partial charge in [0.25, 0.3) is 0 Å². The Morgan fingerprint density at radius 3 is 2.76 bits per heavy atom. The van der Waals surface area contributed by atoms with Gasteiger partial charge in [-0.2, -0.15) is 0 Å². The summed E-state index contributed by atoms with van der Waals surface area (Å²) < 4.78 is 1.14. The Hall–Kier alpha value is -0.710. The first-order chi connectivity index (χ1) is 8.06. The quantitative estimate of drug-likeness (QED) is 0.846. The van der Waals surface area contributed by atoms with Crippen molar-refractivity contribution in [3.63, 3.8) is 0 Å². The number of hydrogen-bond donors (Lipinski definition) is 1. The lowest BCUT2D eigenvalue weighted by atomic mass is 10.2. The molecular formula is C12H12BrClN2S. The van der Waals surface area contributed by atoms with Gasteiger partial charge in [0.15, 0.2) is 0 Å². The maximum atomic E-state index is 6.17. The zero-order valence-corrected chi connectivity index (χ0v) is 12.4. The van der Waals surface area contributed by atoms with Crippen LogP contribution in [-0.2, 0) is 6.54 Å². The van der Waals surface area contributed by atoms with Crippen molar-refractivity contribution in [1.82, 2.24) is 0 Å². The van der Waals surface area contributed by atoms with Gasteiger partial charge in [-0.1, -0.05) is 11.6 Å². The number of thiophene rings is 1. The van der Waals surface area contributed by atoms with E-state index in [2.05, 4.69) is 32.3 Å². The van der Waals surface area contributed by atoms with Crippen LogP contribution in [0, 0.1) is 0 Å². The Balaban J connectivity index is 2.17. The van der Waals surface area contributed by atoms with Crippen LogP contribution in [0.15, 0.2) is 33.4 Å². The van der Waals surface area contributed by atoms with Crippen molar-refractivity contribution in [1.29, 1.82) is 0 Å². The lowest BCUT2D eigenvalue weighted by Crippen LogP contribution is -2.16. The Labute approximate surface area is 118 Å². The fourth-order valence-electron chi connectivity index (χ4n) is 1.62. The van der Waals surface area contributed by atoms with E-state index in [9.17, 15) is 0 Å². The maximum absolute atomic E-state index is 6.17. The normalized spacial score (nSPS) is 10.5. The highest BCUT2D eigenvalue weighted by molar-refractivity contribution is 9.11. The van der Waals surface area contributed by atoms with Crippen molar-refractivity contribution in [3.05, 3.63) is 44.0 Å². The molecule has 90 valence electrons. The average molecular weight is 332 g/mol. The third kappa shape index (κ3) is 3.15. The first kappa shape index (κ1) is 12.7. The third-order valence-electron chi connectivity index (χ3n) is 2.42. The average Bonchev–Trinajstić information content (AvgIpc) is 2.63. The van der Waals surface area contributed by atoms with Crippen molar-refractivity contribution in [2.75, 3.05) is 17.7 Å². The Kier molecular flexibility index (Phi) is 3.97. The molecule has 0 saturated heterocycles. The number of nitrogen functional groups attached to an aromatic ring is 1. The minimum absolute atomic E-state index is 0.682. The molecule has 0 saturated carbocycles. The highest BCUT2D eigenvalue weighted by Crippen LogP contribution is 2.29. The fraction of sp³-hybridized carbons (Fsp3) is 0.167. The van der Waals surface area contributed by atoms with Crippen molar-refractivity contribution in [3.8, 4) is 0 Å².